The lowest BCUT2D eigenvalue weighted by Crippen LogP contribution is -2.60. The number of likely N-dealkylation sites (tertiary alicyclic amines) is 1. The lowest BCUT2D eigenvalue weighted by molar-refractivity contribution is -0.139. The summed E-state index contributed by atoms with van der Waals surface area (Å²) in [6, 6.07) is 6.90. The van der Waals surface area contributed by atoms with Gasteiger partial charge in [0, 0.05) is 24.7 Å². The number of benzene rings is 1. The molecule has 4 aliphatic heterocycles. The van der Waals surface area contributed by atoms with Gasteiger partial charge in [-0.25, -0.2) is 4.79 Å². The van der Waals surface area contributed by atoms with Gasteiger partial charge in [-0.2, -0.15) is 0 Å². The fourth-order valence-electron chi connectivity index (χ4n) is 7.41. The molecule has 1 aromatic rings. The molecule has 4 saturated heterocycles. The second-order valence-electron chi connectivity index (χ2n) is 11.0. The average molecular weight is 493 g/mol. The summed E-state index contributed by atoms with van der Waals surface area (Å²) in [5.41, 5.74) is 2.19. The van der Waals surface area contributed by atoms with E-state index in [1.54, 1.807) is 7.11 Å². The van der Waals surface area contributed by atoms with E-state index in [0.717, 1.165) is 37.9 Å². The Hall–Kier alpha value is -2.87. The van der Waals surface area contributed by atoms with E-state index < -0.39 is 12.1 Å². The number of imide groups is 1. The second kappa shape index (κ2) is 9.54. The first-order valence-electron chi connectivity index (χ1n) is 13.5. The van der Waals surface area contributed by atoms with Gasteiger partial charge in [0.15, 0.2) is 0 Å². The molecular weight excluding hydrogens is 456 g/mol. The minimum absolute atomic E-state index is 0.0132. The summed E-state index contributed by atoms with van der Waals surface area (Å²) in [4.78, 5) is 45.3. The first-order valence-corrected chi connectivity index (χ1v) is 13.5. The minimum Gasteiger partial charge on any atom is -0.496 e. The van der Waals surface area contributed by atoms with Crippen molar-refractivity contribution < 1.29 is 19.1 Å². The highest BCUT2D eigenvalue weighted by Gasteiger charge is 2.48. The molecule has 36 heavy (non-hydrogen) atoms. The molecule has 0 spiro atoms. The highest BCUT2D eigenvalue weighted by atomic mass is 16.5. The molecule has 6 rings (SSSR count). The summed E-state index contributed by atoms with van der Waals surface area (Å²) in [5.74, 6) is 1.34. The summed E-state index contributed by atoms with van der Waals surface area (Å²) in [6.45, 7) is 3.09. The smallest absolute Gasteiger partial charge is 0.325 e. The zero-order valence-electron chi connectivity index (χ0n) is 21.0. The lowest BCUT2D eigenvalue weighted by Gasteiger charge is -2.54. The third-order valence-electron chi connectivity index (χ3n) is 8.98. The molecule has 2 bridgehead atoms. The molecule has 5 atom stereocenters. The van der Waals surface area contributed by atoms with Gasteiger partial charge >= 0.3 is 6.03 Å². The number of rotatable bonds is 5. The van der Waals surface area contributed by atoms with E-state index in [1.807, 2.05) is 29.2 Å². The number of nitrogens with one attached hydrogen (secondary N) is 1. The first-order chi connectivity index (χ1) is 17.5. The van der Waals surface area contributed by atoms with E-state index >= 15 is 0 Å². The first kappa shape index (κ1) is 23.5. The van der Waals surface area contributed by atoms with Gasteiger partial charge in [0.05, 0.1) is 26.1 Å². The van der Waals surface area contributed by atoms with Crippen LogP contribution in [0.3, 0.4) is 0 Å². The standard InChI is InChI=1S/C28H36N4O4/c1-36-24-10-3-2-7-19(24)17-32-27(34)22(29-28(32)35)15-25(33)31-12-6-8-18-13-20-14-21(26(18)31)16-30-11-5-4-9-23(20)30/h2-3,7,10,13,20-23,26H,4-6,8-9,11-12,14-17H2,1H3,(H,29,35)/t20-,21-,22-,23-,26+/m0/s1. The zero-order valence-corrected chi connectivity index (χ0v) is 21.0. The summed E-state index contributed by atoms with van der Waals surface area (Å²) in [7, 11) is 1.57. The molecule has 0 unspecified atom stereocenters. The van der Waals surface area contributed by atoms with Gasteiger partial charge in [-0.3, -0.25) is 19.4 Å². The number of ether oxygens (including phenoxy) is 1. The van der Waals surface area contributed by atoms with E-state index in [2.05, 4.69) is 16.3 Å². The number of amides is 4. The molecule has 4 amide bonds. The normalized spacial score (nSPS) is 31.9. The van der Waals surface area contributed by atoms with Gasteiger partial charge in [-0.15, -0.1) is 0 Å². The van der Waals surface area contributed by atoms with Gasteiger partial charge in [0.25, 0.3) is 5.91 Å². The van der Waals surface area contributed by atoms with Crippen LogP contribution in [0.2, 0.25) is 0 Å². The summed E-state index contributed by atoms with van der Waals surface area (Å²) >= 11 is 0. The summed E-state index contributed by atoms with van der Waals surface area (Å²) in [5, 5.41) is 2.76. The van der Waals surface area contributed by atoms with Gasteiger partial charge in [0.2, 0.25) is 5.91 Å². The average Bonchev–Trinajstić information content (AvgIpc) is 3.16. The number of hydrogen-bond acceptors (Lipinski definition) is 5. The third-order valence-corrected chi connectivity index (χ3v) is 8.98. The van der Waals surface area contributed by atoms with Crippen molar-refractivity contribution in [3.05, 3.63) is 41.5 Å². The van der Waals surface area contributed by atoms with Crippen molar-refractivity contribution in [3.63, 3.8) is 0 Å². The Morgan fingerprint density at radius 2 is 2.00 bits per heavy atom. The fourth-order valence-corrected chi connectivity index (χ4v) is 7.41. The number of piperidine rings is 3. The molecule has 0 aromatic heterocycles. The fraction of sp³-hybridized carbons (Fsp3) is 0.607. The maximum Gasteiger partial charge on any atom is 0.325 e. The van der Waals surface area contributed by atoms with Crippen LogP contribution in [-0.4, -0.2) is 77.4 Å². The number of urea groups is 1. The molecule has 1 aliphatic carbocycles. The molecule has 0 radical (unpaired) electrons. The van der Waals surface area contributed by atoms with Gasteiger partial charge in [-0.05, 0) is 56.6 Å². The van der Waals surface area contributed by atoms with Gasteiger partial charge in [0.1, 0.15) is 11.8 Å². The van der Waals surface area contributed by atoms with Gasteiger partial charge < -0.3 is 15.0 Å². The third kappa shape index (κ3) is 4.09. The number of para-hydroxylation sites is 1. The lowest BCUT2D eigenvalue weighted by atomic mass is 9.68. The van der Waals surface area contributed by atoms with Crippen molar-refractivity contribution in [2.45, 2.75) is 69.6 Å². The van der Waals surface area contributed by atoms with Crippen LogP contribution in [0, 0.1) is 11.8 Å². The Labute approximate surface area is 212 Å². The number of fused-ring (bicyclic) bond motifs is 6. The molecule has 1 aromatic carbocycles. The Bertz CT molecular complexity index is 1090. The Kier molecular flexibility index (Phi) is 6.23. The number of methoxy groups -OCH3 is 1. The van der Waals surface area contributed by atoms with Crippen LogP contribution in [0.15, 0.2) is 35.9 Å². The predicted molar refractivity (Wildman–Crippen MR) is 134 cm³/mol. The molecule has 4 heterocycles. The molecule has 192 valence electrons. The highest BCUT2D eigenvalue weighted by Crippen LogP contribution is 2.45. The van der Waals surface area contributed by atoms with Crippen molar-refractivity contribution in [3.8, 4) is 5.75 Å². The van der Waals surface area contributed by atoms with E-state index in [1.165, 1.54) is 36.3 Å². The number of carbonyl (C=O) groups excluding carboxylic acids is 3. The van der Waals surface area contributed by atoms with Crippen LogP contribution >= 0.6 is 0 Å². The Morgan fingerprint density at radius 3 is 2.86 bits per heavy atom. The van der Waals surface area contributed by atoms with Gasteiger partial charge in [-0.1, -0.05) is 36.3 Å². The summed E-state index contributed by atoms with van der Waals surface area (Å²) < 4.78 is 5.37. The number of nitrogens with zero attached hydrogens (tertiary/aromatic N) is 3. The molecule has 5 aliphatic rings. The van der Waals surface area contributed by atoms with Crippen LogP contribution in [0.1, 0.15) is 50.5 Å². The molecule has 0 saturated carbocycles. The van der Waals surface area contributed by atoms with E-state index in [9.17, 15) is 14.4 Å². The quantitative estimate of drug-likeness (QED) is 0.505. The molecule has 4 fully saturated rings. The van der Waals surface area contributed by atoms with Crippen LogP contribution in [0.4, 0.5) is 4.79 Å². The topological polar surface area (TPSA) is 82.2 Å². The Balaban J connectivity index is 1.15. The van der Waals surface area contributed by atoms with E-state index in [0.29, 0.717) is 23.6 Å². The van der Waals surface area contributed by atoms with Crippen LogP contribution in [-0.2, 0) is 16.1 Å². The predicted octanol–water partition coefficient (Wildman–Crippen LogP) is 2.93. The maximum atomic E-state index is 13.6. The SMILES string of the molecule is COc1ccccc1CN1C(=O)N[C@@H](CC(=O)N2CCCC3=C[C@H]4C[C@@H](CN5CCCC[C@@H]45)[C@@H]32)C1=O. The van der Waals surface area contributed by atoms with Crippen molar-refractivity contribution >= 4 is 17.8 Å². The largest absolute Gasteiger partial charge is 0.496 e. The van der Waals surface area contributed by atoms with Crippen molar-refractivity contribution in [2.24, 2.45) is 11.8 Å². The summed E-state index contributed by atoms with van der Waals surface area (Å²) in [6.07, 6.45) is 9.60. The Morgan fingerprint density at radius 1 is 1.14 bits per heavy atom. The highest BCUT2D eigenvalue weighted by molar-refractivity contribution is 6.05. The minimum atomic E-state index is -0.816. The molecule has 8 heteroatoms. The van der Waals surface area contributed by atoms with Crippen LogP contribution < -0.4 is 10.1 Å². The van der Waals surface area contributed by atoms with E-state index in [-0.39, 0.29) is 30.8 Å². The molecule has 8 nitrogen and oxygen atoms in total. The zero-order chi connectivity index (χ0) is 24.8. The monoisotopic (exact) mass is 492 g/mol. The second-order valence-corrected chi connectivity index (χ2v) is 11.0. The molecule has 1 N–H and O–H groups in total. The van der Waals surface area contributed by atoms with E-state index in [4.69, 9.17) is 4.74 Å². The van der Waals surface area contributed by atoms with Crippen LogP contribution in [0.5, 0.6) is 5.75 Å². The maximum absolute atomic E-state index is 13.6. The number of carbonyl (C=O) groups is 3. The number of hydrogen-bond donors (Lipinski definition) is 1. The van der Waals surface area contributed by atoms with Crippen molar-refractivity contribution in [2.75, 3.05) is 26.7 Å². The van der Waals surface area contributed by atoms with Crippen molar-refractivity contribution in [1.29, 1.82) is 0 Å². The van der Waals surface area contributed by atoms with Crippen molar-refractivity contribution in [1.82, 2.24) is 20.0 Å². The van der Waals surface area contributed by atoms with Crippen LogP contribution in [0.25, 0.3) is 0 Å². The molecular formula is C28H36N4O4.